The van der Waals surface area contributed by atoms with E-state index in [0.717, 1.165) is 21.9 Å². The van der Waals surface area contributed by atoms with Crippen LogP contribution in [0.5, 0.6) is 0 Å². The number of rotatable bonds is 7. The van der Waals surface area contributed by atoms with Crippen LogP contribution >= 0.6 is 11.8 Å². The molecule has 0 saturated heterocycles. The highest BCUT2D eigenvalue weighted by Crippen LogP contribution is 2.23. The van der Waals surface area contributed by atoms with E-state index >= 15 is 0 Å². The molecule has 0 unspecified atom stereocenters. The molecule has 8 heteroatoms. The minimum atomic E-state index is -0.0864. The summed E-state index contributed by atoms with van der Waals surface area (Å²) in [5.74, 6) is 1.83. The van der Waals surface area contributed by atoms with E-state index in [9.17, 15) is 4.79 Å². The molecule has 4 aromatic rings. The minimum absolute atomic E-state index is 0.0864. The molecule has 0 bridgehead atoms. The molecule has 28 heavy (non-hydrogen) atoms. The number of benzene rings is 1. The maximum Gasteiger partial charge on any atom is 0.259 e. The lowest BCUT2D eigenvalue weighted by Gasteiger charge is -2.03. The van der Waals surface area contributed by atoms with Crippen molar-refractivity contribution in [3.63, 3.8) is 0 Å². The molecule has 140 valence electrons. The van der Waals surface area contributed by atoms with Gasteiger partial charge in [-0.05, 0) is 24.3 Å². The number of aromatic nitrogens is 3. The number of thioether (sulfide) groups is 1. The summed E-state index contributed by atoms with van der Waals surface area (Å²) in [6.07, 6.45) is 3.24. The van der Waals surface area contributed by atoms with E-state index in [1.54, 1.807) is 18.5 Å². The predicted octanol–water partition coefficient (Wildman–Crippen LogP) is 3.80. The molecule has 3 heterocycles. The summed E-state index contributed by atoms with van der Waals surface area (Å²) in [7, 11) is 0. The van der Waals surface area contributed by atoms with Crippen LogP contribution in [0.2, 0.25) is 0 Å². The van der Waals surface area contributed by atoms with Crippen LogP contribution in [-0.2, 0) is 11.3 Å². The first kappa shape index (κ1) is 18.0. The van der Waals surface area contributed by atoms with Crippen LogP contribution in [0.1, 0.15) is 5.76 Å². The first-order valence-electron chi connectivity index (χ1n) is 8.55. The van der Waals surface area contributed by atoms with Gasteiger partial charge in [-0.2, -0.15) is 4.98 Å². The number of carbonyl (C=O) groups is 1. The highest BCUT2D eigenvalue weighted by molar-refractivity contribution is 7.99. The largest absolute Gasteiger partial charge is 0.467 e. The highest BCUT2D eigenvalue weighted by Gasteiger charge is 2.11. The summed E-state index contributed by atoms with van der Waals surface area (Å²) >= 11 is 1.35. The number of hydrogen-bond donors (Lipinski definition) is 1. The van der Waals surface area contributed by atoms with Crippen molar-refractivity contribution >= 4 is 17.7 Å². The normalized spacial score (nSPS) is 10.7. The lowest BCUT2D eigenvalue weighted by molar-refractivity contribution is -0.118. The van der Waals surface area contributed by atoms with Crippen molar-refractivity contribution < 1.29 is 13.7 Å². The van der Waals surface area contributed by atoms with Crippen LogP contribution in [-0.4, -0.2) is 26.8 Å². The molecule has 7 nitrogen and oxygen atoms in total. The van der Waals surface area contributed by atoms with Gasteiger partial charge in [0.05, 0.1) is 29.2 Å². The van der Waals surface area contributed by atoms with Gasteiger partial charge in [-0.15, -0.1) is 0 Å². The van der Waals surface area contributed by atoms with E-state index in [2.05, 4.69) is 20.4 Å². The van der Waals surface area contributed by atoms with E-state index < -0.39 is 0 Å². The van der Waals surface area contributed by atoms with Crippen LogP contribution in [0.15, 0.2) is 81.0 Å². The third kappa shape index (κ3) is 4.47. The molecule has 0 radical (unpaired) electrons. The highest BCUT2D eigenvalue weighted by atomic mass is 32.2. The van der Waals surface area contributed by atoms with Gasteiger partial charge in [0.2, 0.25) is 11.7 Å². The van der Waals surface area contributed by atoms with E-state index in [4.69, 9.17) is 8.94 Å². The Morgan fingerprint density at radius 3 is 2.68 bits per heavy atom. The van der Waals surface area contributed by atoms with Crippen LogP contribution in [0.25, 0.3) is 22.8 Å². The minimum Gasteiger partial charge on any atom is -0.467 e. The molecule has 0 saturated carbocycles. The standard InChI is InChI=1S/C20H16N4O3S/c25-17(21-12-16-7-4-10-26-16)13-28-18-9-8-15(11-22-18)20-23-19(24-27-20)14-5-2-1-3-6-14/h1-11H,12-13H2,(H,21,25). The van der Waals surface area contributed by atoms with Crippen LogP contribution < -0.4 is 5.32 Å². The zero-order valence-electron chi connectivity index (χ0n) is 14.7. The van der Waals surface area contributed by atoms with Gasteiger partial charge >= 0.3 is 0 Å². The van der Waals surface area contributed by atoms with Crippen molar-refractivity contribution in [1.82, 2.24) is 20.4 Å². The molecule has 1 amide bonds. The summed E-state index contributed by atoms with van der Waals surface area (Å²) in [6.45, 7) is 0.375. The Balaban J connectivity index is 1.32. The summed E-state index contributed by atoms with van der Waals surface area (Å²) in [5.41, 5.74) is 1.61. The van der Waals surface area contributed by atoms with Gasteiger partial charge in [0.15, 0.2) is 0 Å². The molecule has 0 fully saturated rings. The average Bonchev–Trinajstić information content (AvgIpc) is 3.44. The maximum absolute atomic E-state index is 11.9. The number of carbonyl (C=O) groups excluding carboxylic acids is 1. The molecule has 0 aliphatic carbocycles. The van der Waals surface area contributed by atoms with Gasteiger partial charge in [-0.25, -0.2) is 4.98 Å². The van der Waals surface area contributed by atoms with Gasteiger partial charge in [-0.1, -0.05) is 47.3 Å². The first-order chi connectivity index (χ1) is 13.8. The van der Waals surface area contributed by atoms with Crippen molar-refractivity contribution in [2.24, 2.45) is 0 Å². The maximum atomic E-state index is 11.9. The Morgan fingerprint density at radius 2 is 1.93 bits per heavy atom. The van der Waals surface area contributed by atoms with Crippen molar-refractivity contribution in [3.8, 4) is 22.8 Å². The molecule has 0 spiro atoms. The van der Waals surface area contributed by atoms with Crippen molar-refractivity contribution in [3.05, 3.63) is 72.8 Å². The lowest BCUT2D eigenvalue weighted by atomic mass is 10.2. The Hall–Kier alpha value is -3.39. The fourth-order valence-corrected chi connectivity index (χ4v) is 3.10. The number of amides is 1. The third-order valence-corrected chi connectivity index (χ3v) is 4.78. The second kappa shape index (κ2) is 8.53. The second-order valence-corrected chi connectivity index (χ2v) is 6.81. The SMILES string of the molecule is O=C(CSc1ccc(-c2nc(-c3ccccc3)no2)cn1)NCc1ccco1. The topological polar surface area (TPSA) is 94.0 Å². The monoisotopic (exact) mass is 392 g/mol. The van der Waals surface area contributed by atoms with Gasteiger partial charge in [0.1, 0.15) is 5.76 Å². The first-order valence-corrected chi connectivity index (χ1v) is 9.54. The quantitative estimate of drug-likeness (QED) is 0.478. The second-order valence-electron chi connectivity index (χ2n) is 5.82. The zero-order chi connectivity index (χ0) is 19.2. The molecule has 0 aliphatic heterocycles. The van der Waals surface area contributed by atoms with Gasteiger partial charge in [0, 0.05) is 11.8 Å². The Kier molecular flexibility index (Phi) is 5.48. The fraction of sp³-hybridized carbons (Fsp3) is 0.100. The Labute approximate surface area is 165 Å². The Morgan fingerprint density at radius 1 is 1.04 bits per heavy atom. The van der Waals surface area contributed by atoms with E-state index in [-0.39, 0.29) is 11.7 Å². The summed E-state index contributed by atoms with van der Waals surface area (Å²) in [4.78, 5) is 20.7. The smallest absolute Gasteiger partial charge is 0.259 e. The predicted molar refractivity (Wildman–Crippen MR) is 104 cm³/mol. The van der Waals surface area contributed by atoms with Crippen molar-refractivity contribution in [2.75, 3.05) is 5.75 Å². The number of nitrogens with zero attached hydrogens (tertiary/aromatic N) is 3. The summed E-state index contributed by atoms with van der Waals surface area (Å²) < 4.78 is 10.5. The van der Waals surface area contributed by atoms with Crippen molar-refractivity contribution in [1.29, 1.82) is 0 Å². The molecule has 0 aliphatic rings. The summed E-state index contributed by atoms with van der Waals surface area (Å²) in [6, 6.07) is 16.9. The number of nitrogens with one attached hydrogen (secondary N) is 1. The van der Waals surface area contributed by atoms with Gasteiger partial charge in [-0.3, -0.25) is 4.79 Å². The number of furan rings is 1. The molecular weight excluding hydrogens is 376 g/mol. The number of hydrogen-bond acceptors (Lipinski definition) is 7. The van der Waals surface area contributed by atoms with Crippen LogP contribution in [0, 0.1) is 0 Å². The van der Waals surface area contributed by atoms with Crippen LogP contribution in [0.4, 0.5) is 0 Å². The number of pyridine rings is 1. The third-order valence-electron chi connectivity index (χ3n) is 3.83. The molecular formula is C20H16N4O3S. The molecule has 4 rings (SSSR count). The lowest BCUT2D eigenvalue weighted by Crippen LogP contribution is -2.24. The summed E-state index contributed by atoms with van der Waals surface area (Å²) in [5, 5.41) is 7.54. The van der Waals surface area contributed by atoms with E-state index in [1.165, 1.54) is 11.8 Å². The van der Waals surface area contributed by atoms with E-state index in [0.29, 0.717) is 18.3 Å². The van der Waals surface area contributed by atoms with Gasteiger partial charge in [0.25, 0.3) is 5.89 Å². The Bertz CT molecular complexity index is 1030. The van der Waals surface area contributed by atoms with Gasteiger partial charge < -0.3 is 14.3 Å². The van der Waals surface area contributed by atoms with Crippen LogP contribution in [0.3, 0.4) is 0 Å². The molecule has 1 aromatic carbocycles. The fourth-order valence-electron chi connectivity index (χ4n) is 2.43. The average molecular weight is 392 g/mol. The van der Waals surface area contributed by atoms with E-state index in [1.807, 2.05) is 48.5 Å². The van der Waals surface area contributed by atoms with Crippen molar-refractivity contribution in [2.45, 2.75) is 11.6 Å². The molecule has 0 atom stereocenters. The zero-order valence-corrected chi connectivity index (χ0v) is 15.6. The molecule has 1 N–H and O–H groups in total. The molecule has 3 aromatic heterocycles.